The molecule has 0 fully saturated rings. The number of amides is 1. The summed E-state index contributed by atoms with van der Waals surface area (Å²) in [7, 11) is 0. The third kappa shape index (κ3) is 4.80. The lowest BCUT2D eigenvalue weighted by Gasteiger charge is -2.23. The van der Waals surface area contributed by atoms with Crippen molar-refractivity contribution in [1.82, 2.24) is 0 Å². The van der Waals surface area contributed by atoms with Gasteiger partial charge in [-0.25, -0.2) is 9.69 Å². The van der Waals surface area contributed by atoms with Crippen molar-refractivity contribution in [3.8, 4) is 5.75 Å². The average Bonchev–Trinajstić information content (AvgIpc) is 2.64. The highest BCUT2D eigenvalue weighted by molar-refractivity contribution is 6.43. The third-order valence-electron chi connectivity index (χ3n) is 3.60. The van der Waals surface area contributed by atoms with E-state index in [1.165, 1.54) is 35.2 Å². The molecule has 0 atom stereocenters. The van der Waals surface area contributed by atoms with Crippen molar-refractivity contribution >= 4 is 87.1 Å². The quantitative estimate of drug-likeness (QED) is 0.363. The van der Waals surface area contributed by atoms with Crippen LogP contribution in [0.3, 0.4) is 0 Å². The first-order chi connectivity index (χ1) is 13.3. The van der Waals surface area contributed by atoms with Gasteiger partial charge in [-0.3, -0.25) is 0 Å². The Morgan fingerprint density at radius 2 is 1.04 bits per heavy atom. The molecule has 0 bridgehead atoms. The van der Waals surface area contributed by atoms with Crippen LogP contribution in [-0.4, -0.2) is 6.09 Å². The second-order valence-electron chi connectivity index (χ2n) is 5.48. The molecule has 1 amide bonds. The Labute approximate surface area is 191 Å². The van der Waals surface area contributed by atoms with Crippen molar-refractivity contribution in [3.63, 3.8) is 0 Å². The molecule has 28 heavy (non-hydrogen) atoms. The van der Waals surface area contributed by atoms with Crippen LogP contribution >= 0.6 is 69.6 Å². The molecule has 0 saturated carbocycles. The number of halogens is 6. The van der Waals surface area contributed by atoms with Gasteiger partial charge in [-0.2, -0.15) is 0 Å². The van der Waals surface area contributed by atoms with E-state index >= 15 is 0 Å². The molecule has 0 saturated heterocycles. The number of ether oxygens (including phenoxy) is 1. The largest absolute Gasteiger partial charge is 0.424 e. The van der Waals surface area contributed by atoms with Crippen molar-refractivity contribution in [2.45, 2.75) is 0 Å². The Balaban J connectivity index is 2.03. The zero-order chi connectivity index (χ0) is 20.4. The van der Waals surface area contributed by atoms with E-state index in [0.717, 1.165) is 0 Å². The molecule has 0 N–H and O–H groups in total. The van der Waals surface area contributed by atoms with E-state index in [9.17, 15) is 4.79 Å². The Morgan fingerprint density at radius 1 is 0.607 bits per heavy atom. The van der Waals surface area contributed by atoms with E-state index in [1.807, 2.05) is 0 Å². The molecule has 9 heteroatoms. The number of nitrogens with zero attached hydrogens (tertiary/aromatic N) is 1. The normalized spacial score (nSPS) is 10.6. The molecule has 0 aliphatic carbocycles. The molecule has 3 aromatic carbocycles. The molecule has 0 aromatic heterocycles. The van der Waals surface area contributed by atoms with Crippen molar-refractivity contribution in [2.75, 3.05) is 4.90 Å². The van der Waals surface area contributed by atoms with Gasteiger partial charge in [0.05, 0.1) is 41.5 Å². The number of hydrogen-bond donors (Lipinski definition) is 0. The number of carbonyl (C=O) groups is 1. The van der Waals surface area contributed by atoms with Crippen LogP contribution in [0.4, 0.5) is 16.2 Å². The standard InChI is InChI=1S/C19H9Cl6NO2/c20-13-4-1-10(7-16(13)23)26(11-2-5-14(21)17(24)8-11)19(27)28-12-3-6-15(22)18(25)9-12/h1-9H. The van der Waals surface area contributed by atoms with Crippen LogP contribution in [-0.2, 0) is 0 Å². The Kier molecular flexibility index (Phi) is 6.87. The monoisotopic (exact) mass is 493 g/mol. The summed E-state index contributed by atoms with van der Waals surface area (Å²) < 4.78 is 5.45. The first kappa shape index (κ1) is 21.4. The van der Waals surface area contributed by atoms with Crippen LogP contribution < -0.4 is 9.64 Å². The molecular formula is C19H9Cl6NO2. The second-order valence-corrected chi connectivity index (χ2v) is 7.92. The van der Waals surface area contributed by atoms with Crippen LogP contribution in [0.25, 0.3) is 0 Å². The van der Waals surface area contributed by atoms with E-state index in [4.69, 9.17) is 74.3 Å². The lowest BCUT2D eigenvalue weighted by Crippen LogP contribution is -2.29. The van der Waals surface area contributed by atoms with Crippen molar-refractivity contribution < 1.29 is 9.53 Å². The van der Waals surface area contributed by atoms with Gasteiger partial charge in [0.2, 0.25) is 0 Å². The Morgan fingerprint density at radius 3 is 1.46 bits per heavy atom. The molecule has 0 aliphatic rings. The van der Waals surface area contributed by atoms with Crippen LogP contribution in [0.5, 0.6) is 5.75 Å². The van der Waals surface area contributed by atoms with Gasteiger partial charge in [0.1, 0.15) is 5.75 Å². The lowest BCUT2D eigenvalue weighted by atomic mass is 10.2. The summed E-state index contributed by atoms with van der Waals surface area (Å²) in [6.45, 7) is 0. The van der Waals surface area contributed by atoms with E-state index in [0.29, 0.717) is 26.4 Å². The minimum Gasteiger partial charge on any atom is -0.410 e. The van der Waals surface area contributed by atoms with Crippen molar-refractivity contribution in [3.05, 3.63) is 84.7 Å². The topological polar surface area (TPSA) is 29.5 Å². The van der Waals surface area contributed by atoms with Crippen LogP contribution in [0.2, 0.25) is 30.1 Å². The summed E-state index contributed by atoms with van der Waals surface area (Å²) in [6, 6.07) is 13.9. The van der Waals surface area contributed by atoms with Gasteiger partial charge in [0, 0.05) is 6.07 Å². The molecule has 0 heterocycles. The van der Waals surface area contributed by atoms with Crippen LogP contribution in [0.15, 0.2) is 54.6 Å². The zero-order valence-electron chi connectivity index (χ0n) is 13.7. The van der Waals surface area contributed by atoms with Gasteiger partial charge in [-0.1, -0.05) is 69.6 Å². The molecule has 3 rings (SSSR count). The summed E-state index contributed by atoms with van der Waals surface area (Å²) in [4.78, 5) is 14.2. The maximum Gasteiger partial charge on any atom is 0.424 e. The van der Waals surface area contributed by atoms with Crippen LogP contribution in [0.1, 0.15) is 0 Å². The molecule has 3 nitrogen and oxygen atoms in total. The fourth-order valence-electron chi connectivity index (χ4n) is 2.29. The van der Waals surface area contributed by atoms with Gasteiger partial charge in [0.15, 0.2) is 0 Å². The number of benzene rings is 3. The fourth-order valence-corrected chi connectivity index (χ4v) is 3.17. The summed E-state index contributed by atoms with van der Waals surface area (Å²) in [5.41, 5.74) is 0.829. The predicted molar refractivity (Wildman–Crippen MR) is 118 cm³/mol. The van der Waals surface area contributed by atoms with Gasteiger partial charge in [-0.05, 0) is 48.5 Å². The number of carbonyl (C=O) groups excluding carboxylic acids is 1. The Hall–Kier alpha value is -1.33. The van der Waals surface area contributed by atoms with Gasteiger partial charge < -0.3 is 4.74 Å². The molecule has 144 valence electrons. The van der Waals surface area contributed by atoms with Gasteiger partial charge in [-0.15, -0.1) is 0 Å². The minimum absolute atomic E-state index is 0.213. The molecule has 0 spiro atoms. The molecule has 3 aromatic rings. The maximum atomic E-state index is 13.0. The van der Waals surface area contributed by atoms with Crippen molar-refractivity contribution in [2.24, 2.45) is 0 Å². The summed E-state index contributed by atoms with van der Waals surface area (Å²) >= 11 is 36.1. The smallest absolute Gasteiger partial charge is 0.410 e. The zero-order valence-corrected chi connectivity index (χ0v) is 18.3. The van der Waals surface area contributed by atoms with Gasteiger partial charge >= 0.3 is 6.09 Å². The highest BCUT2D eigenvalue weighted by Gasteiger charge is 2.22. The molecule has 0 aliphatic heterocycles. The number of rotatable bonds is 3. The van der Waals surface area contributed by atoms with Crippen LogP contribution in [0, 0.1) is 0 Å². The first-order valence-corrected chi connectivity index (χ1v) is 9.90. The van der Waals surface area contributed by atoms with E-state index in [-0.39, 0.29) is 20.8 Å². The van der Waals surface area contributed by atoms with E-state index in [1.54, 1.807) is 24.3 Å². The molecule has 0 radical (unpaired) electrons. The minimum atomic E-state index is -0.727. The summed E-state index contributed by atoms with van der Waals surface area (Å²) in [6.07, 6.45) is -0.727. The highest BCUT2D eigenvalue weighted by Crippen LogP contribution is 2.35. The fraction of sp³-hybridized carbons (Fsp3) is 0. The molecule has 0 unspecified atom stereocenters. The number of hydrogen-bond acceptors (Lipinski definition) is 2. The highest BCUT2D eigenvalue weighted by atomic mass is 35.5. The average molecular weight is 496 g/mol. The second kappa shape index (κ2) is 9.00. The van der Waals surface area contributed by atoms with E-state index < -0.39 is 6.09 Å². The first-order valence-electron chi connectivity index (χ1n) is 7.63. The van der Waals surface area contributed by atoms with Crippen molar-refractivity contribution in [1.29, 1.82) is 0 Å². The van der Waals surface area contributed by atoms with E-state index in [2.05, 4.69) is 0 Å². The summed E-state index contributed by atoms with van der Waals surface area (Å²) in [5.74, 6) is 0.213. The lowest BCUT2D eigenvalue weighted by molar-refractivity contribution is 0.210. The van der Waals surface area contributed by atoms with Gasteiger partial charge in [0.25, 0.3) is 0 Å². The number of anilines is 2. The summed E-state index contributed by atoms with van der Waals surface area (Å²) in [5, 5.41) is 1.82. The maximum absolute atomic E-state index is 13.0. The third-order valence-corrected chi connectivity index (χ3v) is 5.82. The predicted octanol–water partition coefficient (Wildman–Crippen LogP) is 8.94. The molecular weight excluding hydrogens is 487 g/mol. The Bertz CT molecular complexity index is 1010. The SMILES string of the molecule is O=C(Oc1ccc(Cl)c(Cl)c1)N(c1ccc(Cl)c(Cl)c1)c1ccc(Cl)c(Cl)c1.